The molecule has 1 N–H and O–H groups in total. The Morgan fingerprint density at radius 2 is 1.70 bits per heavy atom. The number of rotatable bonds is 10. The van der Waals surface area contributed by atoms with Crippen LogP contribution in [0.15, 0.2) is 29.2 Å². The fourth-order valence-electron chi connectivity index (χ4n) is 3.36. The highest BCUT2D eigenvalue weighted by Crippen LogP contribution is 2.23. The third kappa shape index (κ3) is 9.27. The van der Waals surface area contributed by atoms with Gasteiger partial charge in [-0.3, -0.25) is 14.3 Å². The molecule has 1 aliphatic rings. The Morgan fingerprint density at radius 3 is 2.30 bits per heavy atom. The predicted molar refractivity (Wildman–Crippen MR) is 110 cm³/mol. The first kappa shape index (κ1) is 27.0. The lowest BCUT2D eigenvalue weighted by Gasteiger charge is -2.17. The van der Waals surface area contributed by atoms with Gasteiger partial charge in [-0.25, -0.2) is 21.2 Å². The zero-order chi connectivity index (χ0) is 24.9. The third-order valence-electron chi connectivity index (χ3n) is 4.98. The van der Waals surface area contributed by atoms with Gasteiger partial charge < -0.3 is 4.90 Å². The average molecular weight is 517 g/mol. The average Bonchev–Trinajstić information content (AvgIpc) is 3.12. The van der Waals surface area contributed by atoms with E-state index in [1.54, 1.807) is 4.72 Å². The largest absolute Gasteiger partial charge is 0.389 e. The molecule has 1 saturated heterocycles. The molecule has 0 saturated carbocycles. The number of sulfonamides is 1. The van der Waals surface area contributed by atoms with E-state index in [0.717, 1.165) is 24.3 Å². The molecular weight excluding hydrogens is 492 g/mol. The standard InChI is InChI=1S/C19H24F4N2O6S2/c20-15-3-5-16(6-4-15)32(28,29)11-8-18(27)25-10-7-14(12-25)13-33(30,31)24-17(26)2-1-9-19(21,22)23/h3-6,14H,1-2,7-13H2,(H,24,26). The number of likely N-dealkylation sites (tertiary alicyclic amines) is 1. The van der Waals surface area contributed by atoms with E-state index < -0.39 is 80.4 Å². The van der Waals surface area contributed by atoms with Gasteiger partial charge in [-0.05, 0) is 43.0 Å². The van der Waals surface area contributed by atoms with Gasteiger partial charge in [0, 0.05) is 32.4 Å². The van der Waals surface area contributed by atoms with E-state index in [1.807, 2.05) is 0 Å². The van der Waals surface area contributed by atoms with Crippen LogP contribution in [-0.4, -0.2) is 64.3 Å². The Labute approximate surface area is 189 Å². The summed E-state index contributed by atoms with van der Waals surface area (Å²) < 4.78 is 99.8. The van der Waals surface area contributed by atoms with E-state index >= 15 is 0 Å². The Balaban J connectivity index is 1.80. The quantitative estimate of drug-likeness (QED) is 0.376. The lowest BCUT2D eigenvalue weighted by molar-refractivity contribution is -0.137. The number of sulfone groups is 1. The smallest absolute Gasteiger partial charge is 0.342 e. The molecule has 1 aromatic carbocycles. The van der Waals surface area contributed by atoms with E-state index in [4.69, 9.17) is 0 Å². The molecule has 0 aliphatic carbocycles. The minimum Gasteiger partial charge on any atom is -0.342 e. The van der Waals surface area contributed by atoms with Gasteiger partial charge in [0.15, 0.2) is 9.84 Å². The van der Waals surface area contributed by atoms with Crippen LogP contribution in [0.4, 0.5) is 17.6 Å². The Hall–Kier alpha value is -2.22. The van der Waals surface area contributed by atoms with Gasteiger partial charge in [0.25, 0.3) is 0 Å². The monoisotopic (exact) mass is 516 g/mol. The molecular formula is C19H24F4N2O6S2. The normalized spacial score (nSPS) is 17.2. The van der Waals surface area contributed by atoms with Crippen molar-refractivity contribution < 1.29 is 44.0 Å². The van der Waals surface area contributed by atoms with Crippen LogP contribution in [0.2, 0.25) is 0 Å². The second-order valence-electron chi connectivity index (χ2n) is 7.79. The Kier molecular flexibility index (Phi) is 8.85. The van der Waals surface area contributed by atoms with Gasteiger partial charge in [-0.15, -0.1) is 0 Å². The van der Waals surface area contributed by atoms with Crippen LogP contribution < -0.4 is 4.72 Å². The van der Waals surface area contributed by atoms with E-state index in [9.17, 15) is 44.0 Å². The fraction of sp³-hybridized carbons (Fsp3) is 0.579. The SMILES string of the molecule is O=C(CCCC(F)(F)F)NS(=O)(=O)CC1CCN(C(=O)CCS(=O)(=O)c2ccc(F)cc2)C1. The molecule has 1 atom stereocenters. The summed E-state index contributed by atoms with van der Waals surface area (Å²) in [4.78, 5) is 25.2. The molecule has 2 amide bonds. The van der Waals surface area contributed by atoms with Gasteiger partial charge in [0.2, 0.25) is 21.8 Å². The van der Waals surface area contributed by atoms with Crippen molar-refractivity contribution in [2.75, 3.05) is 24.6 Å². The second kappa shape index (κ2) is 10.8. The summed E-state index contributed by atoms with van der Waals surface area (Å²) in [7, 11) is -7.90. The maximum Gasteiger partial charge on any atom is 0.389 e. The number of benzene rings is 1. The molecule has 14 heteroatoms. The lowest BCUT2D eigenvalue weighted by Crippen LogP contribution is -2.36. The summed E-state index contributed by atoms with van der Waals surface area (Å²) in [5.74, 6) is -3.61. The number of amides is 2. The summed E-state index contributed by atoms with van der Waals surface area (Å²) >= 11 is 0. The first-order chi connectivity index (χ1) is 15.2. The Bertz CT molecular complexity index is 1060. The molecule has 1 unspecified atom stereocenters. The molecule has 2 rings (SSSR count). The van der Waals surface area contributed by atoms with Gasteiger partial charge in [0.05, 0.1) is 16.4 Å². The molecule has 186 valence electrons. The van der Waals surface area contributed by atoms with Crippen molar-refractivity contribution in [2.45, 2.75) is 43.2 Å². The predicted octanol–water partition coefficient (Wildman–Crippen LogP) is 2.02. The molecule has 0 bridgehead atoms. The summed E-state index contributed by atoms with van der Waals surface area (Å²) in [6, 6.07) is 4.19. The van der Waals surface area contributed by atoms with Gasteiger partial charge in [-0.2, -0.15) is 13.2 Å². The molecule has 1 heterocycles. The van der Waals surface area contributed by atoms with Crippen LogP contribution in [0, 0.1) is 11.7 Å². The van der Waals surface area contributed by atoms with E-state index in [0.29, 0.717) is 6.42 Å². The summed E-state index contributed by atoms with van der Waals surface area (Å²) in [6.45, 7) is 0.244. The number of nitrogens with zero attached hydrogens (tertiary/aromatic N) is 1. The zero-order valence-electron chi connectivity index (χ0n) is 17.5. The first-order valence-electron chi connectivity index (χ1n) is 10.0. The minimum atomic E-state index is -4.43. The van der Waals surface area contributed by atoms with Gasteiger partial charge in [-0.1, -0.05) is 0 Å². The molecule has 0 aromatic heterocycles. The van der Waals surface area contributed by atoms with Crippen LogP contribution in [0.5, 0.6) is 0 Å². The number of carbonyl (C=O) groups excluding carboxylic acids is 2. The van der Waals surface area contributed by atoms with Gasteiger partial charge in [0.1, 0.15) is 5.82 Å². The van der Waals surface area contributed by atoms with Crippen LogP contribution in [-0.2, 0) is 29.4 Å². The Morgan fingerprint density at radius 1 is 1.06 bits per heavy atom. The first-order valence-corrected chi connectivity index (χ1v) is 13.3. The van der Waals surface area contributed by atoms with E-state index in [2.05, 4.69) is 0 Å². The van der Waals surface area contributed by atoms with Crippen molar-refractivity contribution >= 4 is 31.7 Å². The maximum absolute atomic E-state index is 13.0. The number of hydrogen-bond donors (Lipinski definition) is 1. The molecule has 0 radical (unpaired) electrons. The van der Waals surface area contributed by atoms with Crippen molar-refractivity contribution in [3.63, 3.8) is 0 Å². The van der Waals surface area contributed by atoms with Crippen LogP contribution in [0.3, 0.4) is 0 Å². The highest BCUT2D eigenvalue weighted by atomic mass is 32.2. The fourth-order valence-corrected chi connectivity index (χ4v) is 6.02. The second-order valence-corrected chi connectivity index (χ2v) is 11.7. The highest BCUT2D eigenvalue weighted by Gasteiger charge is 2.31. The van der Waals surface area contributed by atoms with Crippen molar-refractivity contribution in [3.05, 3.63) is 30.1 Å². The molecule has 1 fully saturated rings. The van der Waals surface area contributed by atoms with Crippen LogP contribution in [0.25, 0.3) is 0 Å². The van der Waals surface area contributed by atoms with Crippen molar-refractivity contribution in [1.29, 1.82) is 0 Å². The molecule has 1 aromatic rings. The van der Waals surface area contributed by atoms with Crippen molar-refractivity contribution in [1.82, 2.24) is 9.62 Å². The van der Waals surface area contributed by atoms with Crippen molar-refractivity contribution in [2.24, 2.45) is 5.92 Å². The molecule has 0 spiro atoms. The van der Waals surface area contributed by atoms with E-state index in [-0.39, 0.29) is 24.4 Å². The summed E-state index contributed by atoms with van der Waals surface area (Å²) in [5.41, 5.74) is 0. The zero-order valence-corrected chi connectivity index (χ0v) is 19.1. The number of halogens is 4. The van der Waals surface area contributed by atoms with Crippen LogP contribution in [0.1, 0.15) is 32.1 Å². The third-order valence-corrected chi connectivity index (χ3v) is 8.17. The minimum absolute atomic E-state index is 0.0403. The maximum atomic E-state index is 13.0. The van der Waals surface area contributed by atoms with Crippen molar-refractivity contribution in [3.8, 4) is 0 Å². The topological polar surface area (TPSA) is 118 Å². The molecule has 8 nitrogen and oxygen atoms in total. The van der Waals surface area contributed by atoms with Gasteiger partial charge >= 0.3 is 6.18 Å². The van der Waals surface area contributed by atoms with Crippen LogP contribution >= 0.6 is 0 Å². The number of carbonyl (C=O) groups is 2. The lowest BCUT2D eigenvalue weighted by atomic mass is 10.2. The number of alkyl halides is 3. The van der Waals surface area contributed by atoms with E-state index in [1.165, 1.54) is 4.90 Å². The highest BCUT2D eigenvalue weighted by molar-refractivity contribution is 7.91. The number of hydrogen-bond acceptors (Lipinski definition) is 6. The molecule has 1 aliphatic heterocycles. The summed E-state index contributed by atoms with van der Waals surface area (Å²) in [5, 5.41) is 0. The number of nitrogens with one attached hydrogen (secondary N) is 1. The molecule has 33 heavy (non-hydrogen) atoms. The summed E-state index contributed by atoms with van der Waals surface area (Å²) in [6.07, 6.45) is -6.78.